The molecule has 0 radical (unpaired) electrons. The molecule has 1 aromatic carbocycles. The van der Waals surface area contributed by atoms with Gasteiger partial charge in [0.05, 0.1) is 22.1 Å². The molecule has 1 atom stereocenters. The number of benzene rings is 1. The number of aliphatic hydroxyl groups excluding tert-OH is 1. The predicted octanol–water partition coefficient (Wildman–Crippen LogP) is 5.27. The molecule has 6 heteroatoms. The van der Waals surface area contributed by atoms with Gasteiger partial charge in [0.2, 0.25) is 0 Å². The van der Waals surface area contributed by atoms with E-state index in [1.807, 2.05) is 0 Å². The van der Waals surface area contributed by atoms with Crippen molar-refractivity contribution in [1.82, 2.24) is 0 Å². The first kappa shape index (κ1) is 16.9. The first-order valence-corrected chi connectivity index (χ1v) is 7.71. The first-order valence-electron chi connectivity index (χ1n) is 6.96. The van der Waals surface area contributed by atoms with Crippen molar-refractivity contribution in [2.24, 2.45) is 11.8 Å². The molecule has 0 spiro atoms. The monoisotopic (exact) mass is 340 g/mol. The maximum Gasteiger partial charge on any atom is 0.391 e. The second-order valence-electron chi connectivity index (χ2n) is 5.67. The Morgan fingerprint density at radius 1 is 1.10 bits per heavy atom. The second-order valence-corrected chi connectivity index (χ2v) is 6.49. The summed E-state index contributed by atoms with van der Waals surface area (Å²) in [6.07, 6.45) is -3.34. The fraction of sp³-hybridized carbons (Fsp3) is 0.600. The summed E-state index contributed by atoms with van der Waals surface area (Å²) in [5.74, 6) is -1.30. The van der Waals surface area contributed by atoms with Crippen LogP contribution in [0.5, 0.6) is 0 Å². The van der Waals surface area contributed by atoms with Crippen molar-refractivity contribution in [1.29, 1.82) is 0 Å². The highest BCUT2D eigenvalue weighted by atomic mass is 35.5. The van der Waals surface area contributed by atoms with Crippen molar-refractivity contribution in [2.45, 2.75) is 44.4 Å². The van der Waals surface area contributed by atoms with Crippen LogP contribution < -0.4 is 0 Å². The van der Waals surface area contributed by atoms with Gasteiger partial charge in [-0.1, -0.05) is 29.3 Å². The van der Waals surface area contributed by atoms with Crippen molar-refractivity contribution in [3.63, 3.8) is 0 Å². The van der Waals surface area contributed by atoms with Gasteiger partial charge in [0.15, 0.2) is 0 Å². The zero-order chi connectivity index (χ0) is 15.6. The Morgan fingerprint density at radius 2 is 1.71 bits per heavy atom. The van der Waals surface area contributed by atoms with Gasteiger partial charge in [-0.15, -0.1) is 0 Å². The van der Waals surface area contributed by atoms with Gasteiger partial charge < -0.3 is 5.11 Å². The number of rotatable bonds is 3. The largest absolute Gasteiger partial charge is 0.392 e. The van der Waals surface area contributed by atoms with Gasteiger partial charge in [-0.3, -0.25) is 0 Å². The van der Waals surface area contributed by atoms with Crippen LogP contribution in [0.2, 0.25) is 10.0 Å². The highest BCUT2D eigenvalue weighted by Crippen LogP contribution is 2.40. The molecule has 1 aliphatic carbocycles. The Morgan fingerprint density at radius 3 is 2.24 bits per heavy atom. The highest BCUT2D eigenvalue weighted by Gasteiger charge is 2.42. The van der Waals surface area contributed by atoms with E-state index in [9.17, 15) is 18.3 Å². The maximum atomic E-state index is 12.6. The molecule has 21 heavy (non-hydrogen) atoms. The van der Waals surface area contributed by atoms with Crippen LogP contribution in [0.1, 0.15) is 31.2 Å². The standard InChI is InChI=1S/C15H17Cl2F3O/c16-12-6-1-9(7-13(12)17)8-14(21)10-2-4-11(5-3-10)15(18,19)20/h1,6-7,10-11,14,21H,2-5,8H2. The minimum atomic E-state index is -4.11. The van der Waals surface area contributed by atoms with Crippen LogP contribution in [0, 0.1) is 11.8 Å². The fourth-order valence-electron chi connectivity index (χ4n) is 2.91. The average molecular weight is 341 g/mol. The van der Waals surface area contributed by atoms with Gasteiger partial charge in [-0.2, -0.15) is 13.2 Å². The number of halogens is 5. The first-order chi connectivity index (χ1) is 9.77. The fourth-order valence-corrected chi connectivity index (χ4v) is 3.23. The predicted molar refractivity (Wildman–Crippen MR) is 77.7 cm³/mol. The Balaban J connectivity index is 1.90. The summed E-state index contributed by atoms with van der Waals surface area (Å²) in [4.78, 5) is 0. The molecule has 118 valence electrons. The summed E-state index contributed by atoms with van der Waals surface area (Å²) in [5.41, 5.74) is 0.842. The number of alkyl halides is 3. The van der Waals surface area contributed by atoms with E-state index in [0.717, 1.165) is 5.56 Å². The van der Waals surface area contributed by atoms with Gasteiger partial charge in [-0.05, 0) is 55.7 Å². The second kappa shape index (κ2) is 6.76. The van der Waals surface area contributed by atoms with Crippen LogP contribution in [-0.4, -0.2) is 17.4 Å². The van der Waals surface area contributed by atoms with Crippen LogP contribution in [0.3, 0.4) is 0 Å². The summed E-state index contributed by atoms with van der Waals surface area (Å²) < 4.78 is 37.8. The lowest BCUT2D eigenvalue weighted by atomic mass is 9.78. The van der Waals surface area contributed by atoms with Crippen molar-refractivity contribution in [3.8, 4) is 0 Å². The van der Waals surface area contributed by atoms with E-state index in [1.165, 1.54) is 0 Å². The molecule has 0 amide bonds. The molecule has 1 unspecified atom stereocenters. The number of hydrogen-bond acceptors (Lipinski definition) is 1. The van der Waals surface area contributed by atoms with Gasteiger partial charge in [-0.25, -0.2) is 0 Å². The van der Waals surface area contributed by atoms with E-state index < -0.39 is 18.2 Å². The molecule has 1 aliphatic rings. The lowest BCUT2D eigenvalue weighted by molar-refractivity contribution is -0.185. The molecule has 1 saturated carbocycles. The molecule has 1 N–H and O–H groups in total. The van der Waals surface area contributed by atoms with E-state index >= 15 is 0 Å². The molecule has 1 fully saturated rings. The Hall–Kier alpha value is -0.450. The number of hydrogen-bond donors (Lipinski definition) is 1. The topological polar surface area (TPSA) is 20.2 Å². The van der Waals surface area contributed by atoms with Gasteiger partial charge in [0.1, 0.15) is 0 Å². The summed E-state index contributed by atoms with van der Waals surface area (Å²) in [7, 11) is 0. The summed E-state index contributed by atoms with van der Waals surface area (Å²) in [6, 6.07) is 5.12. The van der Waals surface area contributed by atoms with Crippen LogP contribution in [0.15, 0.2) is 18.2 Å². The Bertz CT molecular complexity index is 482. The highest BCUT2D eigenvalue weighted by molar-refractivity contribution is 6.42. The SMILES string of the molecule is OC(Cc1ccc(Cl)c(Cl)c1)C1CCC(C(F)(F)F)CC1. The quantitative estimate of drug-likeness (QED) is 0.795. The third-order valence-electron chi connectivity index (χ3n) is 4.21. The van der Waals surface area contributed by atoms with Crippen LogP contribution in [-0.2, 0) is 6.42 Å². The van der Waals surface area contributed by atoms with Crippen LogP contribution in [0.25, 0.3) is 0 Å². The van der Waals surface area contributed by atoms with Crippen molar-refractivity contribution in [2.75, 3.05) is 0 Å². The molecule has 0 bridgehead atoms. The lowest BCUT2D eigenvalue weighted by Crippen LogP contribution is -2.32. The molecule has 0 aliphatic heterocycles. The van der Waals surface area contributed by atoms with E-state index in [2.05, 4.69) is 0 Å². The normalized spacial score (nSPS) is 24.9. The average Bonchev–Trinajstić information content (AvgIpc) is 2.42. The van der Waals surface area contributed by atoms with Crippen LogP contribution >= 0.6 is 23.2 Å². The van der Waals surface area contributed by atoms with E-state index in [-0.39, 0.29) is 18.8 Å². The zero-order valence-electron chi connectivity index (χ0n) is 11.3. The minimum Gasteiger partial charge on any atom is -0.392 e. The minimum absolute atomic E-state index is 0.0851. The van der Waals surface area contributed by atoms with E-state index in [4.69, 9.17) is 23.2 Å². The smallest absolute Gasteiger partial charge is 0.391 e. The summed E-state index contributed by atoms with van der Waals surface area (Å²) >= 11 is 11.7. The third kappa shape index (κ3) is 4.51. The Labute approximate surface area is 132 Å². The summed E-state index contributed by atoms with van der Waals surface area (Å²) in [6.45, 7) is 0. The molecule has 0 heterocycles. The third-order valence-corrected chi connectivity index (χ3v) is 4.95. The van der Waals surface area contributed by atoms with E-state index in [0.29, 0.717) is 29.3 Å². The van der Waals surface area contributed by atoms with Gasteiger partial charge >= 0.3 is 6.18 Å². The summed E-state index contributed by atoms with van der Waals surface area (Å²) in [5, 5.41) is 11.1. The molecular weight excluding hydrogens is 324 g/mol. The van der Waals surface area contributed by atoms with Gasteiger partial charge in [0.25, 0.3) is 0 Å². The molecule has 1 aromatic rings. The lowest BCUT2D eigenvalue weighted by Gasteiger charge is -2.32. The zero-order valence-corrected chi connectivity index (χ0v) is 12.8. The van der Waals surface area contributed by atoms with Crippen molar-refractivity contribution in [3.05, 3.63) is 33.8 Å². The van der Waals surface area contributed by atoms with Crippen molar-refractivity contribution >= 4 is 23.2 Å². The van der Waals surface area contributed by atoms with Crippen molar-refractivity contribution < 1.29 is 18.3 Å². The molecule has 1 nitrogen and oxygen atoms in total. The molecule has 0 saturated heterocycles. The molecular formula is C15H17Cl2F3O. The maximum absolute atomic E-state index is 12.6. The van der Waals surface area contributed by atoms with E-state index in [1.54, 1.807) is 18.2 Å². The Kier molecular flexibility index (Phi) is 5.44. The number of aliphatic hydroxyl groups is 1. The van der Waals surface area contributed by atoms with Gasteiger partial charge in [0, 0.05) is 0 Å². The van der Waals surface area contributed by atoms with Crippen LogP contribution in [0.4, 0.5) is 13.2 Å². The molecule has 2 rings (SSSR count). The molecule has 0 aromatic heterocycles.